The highest BCUT2D eigenvalue weighted by Gasteiger charge is 2.35. The van der Waals surface area contributed by atoms with E-state index in [0.717, 1.165) is 18.3 Å². The van der Waals surface area contributed by atoms with Gasteiger partial charge in [0.25, 0.3) is 6.43 Å². The molecule has 0 aliphatic carbocycles. The molecule has 1 N–H and O–H groups in total. The number of sulfonamides is 1. The Morgan fingerprint density at radius 3 is 2.56 bits per heavy atom. The molecule has 0 aliphatic heterocycles. The number of hydrogen-bond acceptors (Lipinski definition) is 4. The smallest absolute Gasteiger partial charge is 0.321 e. The number of hydrogen-bond donors (Lipinski definition) is 1. The van der Waals surface area contributed by atoms with Gasteiger partial charge in [0.1, 0.15) is 6.04 Å². The molecule has 0 aromatic carbocycles. The lowest BCUT2D eigenvalue weighted by Crippen LogP contribution is -2.45. The van der Waals surface area contributed by atoms with Gasteiger partial charge in [-0.25, -0.2) is 17.2 Å². The maximum Gasteiger partial charge on any atom is 0.321 e. The Balaban J connectivity index is 3.14. The van der Waals surface area contributed by atoms with Crippen LogP contribution in [0.1, 0.15) is 6.92 Å². The molecule has 5 nitrogen and oxygen atoms in total. The van der Waals surface area contributed by atoms with Gasteiger partial charge in [-0.05, 0) is 18.4 Å². The normalized spacial score (nSPS) is 14.1. The van der Waals surface area contributed by atoms with Gasteiger partial charge in [-0.3, -0.25) is 4.79 Å². The molecule has 102 valence electrons. The third-order valence-corrected chi connectivity index (χ3v) is 4.97. The fourth-order valence-corrected chi connectivity index (χ4v) is 3.84. The highest BCUT2D eigenvalue weighted by molar-refractivity contribution is 7.89. The summed E-state index contributed by atoms with van der Waals surface area (Å²) >= 11 is 1.08. The van der Waals surface area contributed by atoms with Crippen LogP contribution < -0.4 is 0 Å². The number of carboxylic acid groups (broad SMARTS) is 1. The van der Waals surface area contributed by atoms with Crippen molar-refractivity contribution < 1.29 is 27.1 Å². The van der Waals surface area contributed by atoms with Gasteiger partial charge in [0, 0.05) is 5.38 Å². The van der Waals surface area contributed by atoms with E-state index in [1.165, 1.54) is 16.8 Å². The van der Waals surface area contributed by atoms with Gasteiger partial charge < -0.3 is 5.11 Å². The van der Waals surface area contributed by atoms with Crippen LogP contribution in [0.25, 0.3) is 0 Å². The zero-order valence-electron chi connectivity index (χ0n) is 9.29. The first-order valence-corrected chi connectivity index (χ1v) is 7.20. The zero-order valence-corrected chi connectivity index (χ0v) is 10.9. The maximum atomic E-state index is 12.4. The molecule has 1 heterocycles. The van der Waals surface area contributed by atoms with Crippen molar-refractivity contribution in [1.82, 2.24) is 4.31 Å². The molecule has 0 fully saturated rings. The first kappa shape index (κ1) is 15.0. The second kappa shape index (κ2) is 5.72. The van der Waals surface area contributed by atoms with Crippen LogP contribution in [0.3, 0.4) is 0 Å². The molecule has 1 rings (SSSR count). The molecule has 1 atom stereocenters. The topological polar surface area (TPSA) is 74.7 Å². The van der Waals surface area contributed by atoms with Crippen molar-refractivity contribution in [2.75, 3.05) is 6.54 Å². The van der Waals surface area contributed by atoms with Gasteiger partial charge in [0.15, 0.2) is 0 Å². The first-order chi connectivity index (χ1) is 8.26. The molecule has 1 aromatic heterocycles. The van der Waals surface area contributed by atoms with Crippen LogP contribution in [0.2, 0.25) is 0 Å². The second-order valence-electron chi connectivity index (χ2n) is 3.44. The zero-order chi connectivity index (χ0) is 13.9. The number of aliphatic carboxylic acids is 1. The molecule has 0 aliphatic rings. The SMILES string of the molecule is CC(C(=O)O)N(CC(F)F)S(=O)(=O)c1ccsc1. The fourth-order valence-electron chi connectivity index (χ4n) is 1.26. The molecule has 0 bridgehead atoms. The molecule has 0 spiro atoms. The molecule has 0 radical (unpaired) electrons. The highest BCUT2D eigenvalue weighted by Crippen LogP contribution is 2.21. The Bertz CT molecular complexity index is 501. The minimum Gasteiger partial charge on any atom is -0.480 e. The largest absolute Gasteiger partial charge is 0.480 e. The number of thiophene rings is 1. The van der Waals surface area contributed by atoms with Gasteiger partial charge in [-0.1, -0.05) is 0 Å². The number of nitrogens with zero attached hydrogens (tertiary/aromatic N) is 1. The summed E-state index contributed by atoms with van der Waals surface area (Å²) in [4.78, 5) is 10.6. The Labute approximate surface area is 107 Å². The number of rotatable bonds is 6. The quantitative estimate of drug-likeness (QED) is 0.863. The predicted octanol–water partition coefficient (Wildman–Crippen LogP) is 1.48. The number of carbonyl (C=O) groups is 1. The average molecular weight is 299 g/mol. The Kier molecular flexibility index (Phi) is 4.77. The third-order valence-electron chi connectivity index (χ3n) is 2.21. The predicted molar refractivity (Wildman–Crippen MR) is 61.3 cm³/mol. The van der Waals surface area contributed by atoms with E-state index >= 15 is 0 Å². The molecular formula is C9H11F2NO4S2. The monoisotopic (exact) mass is 299 g/mol. The van der Waals surface area contributed by atoms with Crippen LogP contribution in [0.15, 0.2) is 21.7 Å². The third kappa shape index (κ3) is 3.24. The molecule has 1 unspecified atom stereocenters. The standard InChI is InChI=1S/C9H11F2NO4S2/c1-6(9(13)14)12(4-8(10)11)18(15,16)7-2-3-17-5-7/h2-3,5-6,8H,4H2,1H3,(H,13,14). The van der Waals surface area contributed by atoms with Gasteiger partial charge in [0.2, 0.25) is 10.0 Å². The molecule has 0 saturated carbocycles. The van der Waals surface area contributed by atoms with Gasteiger partial charge in [-0.15, -0.1) is 0 Å². The average Bonchev–Trinajstić information content (AvgIpc) is 2.78. The van der Waals surface area contributed by atoms with E-state index in [1.807, 2.05) is 0 Å². The number of alkyl halides is 2. The first-order valence-electron chi connectivity index (χ1n) is 4.81. The van der Waals surface area contributed by atoms with E-state index in [1.54, 1.807) is 0 Å². The van der Waals surface area contributed by atoms with Crippen molar-refractivity contribution in [2.24, 2.45) is 0 Å². The number of halogens is 2. The Hall–Kier alpha value is -1.06. The maximum absolute atomic E-state index is 12.4. The summed E-state index contributed by atoms with van der Waals surface area (Å²) in [6, 6.07) is -0.309. The lowest BCUT2D eigenvalue weighted by molar-refractivity contribution is -0.141. The van der Waals surface area contributed by atoms with E-state index in [-0.39, 0.29) is 4.90 Å². The van der Waals surface area contributed by atoms with Crippen molar-refractivity contribution in [3.63, 3.8) is 0 Å². The van der Waals surface area contributed by atoms with E-state index in [2.05, 4.69) is 0 Å². The summed E-state index contributed by atoms with van der Waals surface area (Å²) in [6.07, 6.45) is -2.94. The Morgan fingerprint density at radius 1 is 1.56 bits per heavy atom. The molecule has 1 aromatic rings. The van der Waals surface area contributed by atoms with Gasteiger partial charge in [-0.2, -0.15) is 15.6 Å². The van der Waals surface area contributed by atoms with Crippen LogP contribution in [0.5, 0.6) is 0 Å². The van der Waals surface area contributed by atoms with E-state index in [9.17, 15) is 22.0 Å². The van der Waals surface area contributed by atoms with Crippen molar-refractivity contribution in [2.45, 2.75) is 24.3 Å². The minimum absolute atomic E-state index is 0.179. The van der Waals surface area contributed by atoms with Gasteiger partial charge in [0.05, 0.1) is 11.4 Å². The minimum atomic E-state index is -4.21. The van der Waals surface area contributed by atoms with Crippen molar-refractivity contribution in [3.8, 4) is 0 Å². The highest BCUT2D eigenvalue weighted by atomic mass is 32.2. The van der Waals surface area contributed by atoms with Crippen molar-refractivity contribution >= 4 is 27.3 Å². The van der Waals surface area contributed by atoms with Gasteiger partial charge >= 0.3 is 5.97 Å². The molecule has 18 heavy (non-hydrogen) atoms. The lowest BCUT2D eigenvalue weighted by Gasteiger charge is -2.24. The van der Waals surface area contributed by atoms with Crippen LogP contribution in [0, 0.1) is 0 Å². The summed E-state index contributed by atoms with van der Waals surface area (Å²) in [6.45, 7) is -0.0969. The molecular weight excluding hydrogens is 288 g/mol. The van der Waals surface area contributed by atoms with E-state index in [0.29, 0.717) is 4.31 Å². The van der Waals surface area contributed by atoms with Crippen LogP contribution in [-0.4, -0.2) is 42.8 Å². The van der Waals surface area contributed by atoms with Crippen LogP contribution in [0.4, 0.5) is 8.78 Å². The molecule has 0 amide bonds. The fraction of sp³-hybridized carbons (Fsp3) is 0.444. The summed E-state index contributed by atoms with van der Waals surface area (Å²) in [7, 11) is -4.21. The van der Waals surface area contributed by atoms with E-state index in [4.69, 9.17) is 5.11 Å². The Morgan fingerprint density at radius 2 is 2.17 bits per heavy atom. The van der Waals surface area contributed by atoms with Crippen molar-refractivity contribution in [1.29, 1.82) is 0 Å². The molecule has 0 saturated heterocycles. The summed E-state index contributed by atoms with van der Waals surface area (Å²) in [5.74, 6) is -1.48. The summed E-state index contributed by atoms with van der Waals surface area (Å²) in [5, 5.41) is 11.5. The summed E-state index contributed by atoms with van der Waals surface area (Å²) in [5.41, 5.74) is 0. The van der Waals surface area contributed by atoms with Crippen molar-refractivity contribution in [3.05, 3.63) is 16.8 Å². The number of carboxylic acids is 1. The van der Waals surface area contributed by atoms with E-state index < -0.39 is 35.0 Å². The molecule has 9 heteroatoms. The second-order valence-corrected chi connectivity index (χ2v) is 6.11. The lowest BCUT2D eigenvalue weighted by atomic mass is 10.3. The van der Waals surface area contributed by atoms with Crippen LogP contribution >= 0.6 is 11.3 Å². The summed E-state index contributed by atoms with van der Waals surface area (Å²) < 4.78 is 49.1. The van der Waals surface area contributed by atoms with Crippen LogP contribution in [-0.2, 0) is 14.8 Å².